The summed E-state index contributed by atoms with van der Waals surface area (Å²) in [5.74, 6) is -2.67. The van der Waals surface area contributed by atoms with Gasteiger partial charge in [-0.15, -0.1) is 0 Å². The lowest BCUT2D eigenvalue weighted by atomic mass is 10.2. The minimum Gasteiger partial charge on any atom is -0.548 e. The molecule has 5 nitrogen and oxygen atoms in total. The highest BCUT2D eigenvalue weighted by atomic mass is 16.4. The smallest absolute Gasteiger partial charge is 0.0581 e. The molecule has 0 aliphatic heterocycles. The van der Waals surface area contributed by atoms with E-state index in [0.717, 1.165) is 0 Å². The van der Waals surface area contributed by atoms with Crippen molar-refractivity contribution in [1.29, 1.82) is 0 Å². The highest BCUT2D eigenvalue weighted by Gasteiger charge is 2.07. The van der Waals surface area contributed by atoms with Crippen LogP contribution in [0, 0.1) is 0 Å². The molecular weight excluding hydrogens is 150 g/mol. The molecule has 5 heteroatoms. The second kappa shape index (κ2) is 3.92. The number of carboxylic acid groups (broad SMARTS) is 2. The number of nitrogens with one attached hydrogen (secondary N) is 1. The van der Waals surface area contributed by atoms with Gasteiger partial charge in [-0.25, -0.2) is 0 Å². The Kier molecular flexibility index (Phi) is 3.53. The Bertz CT molecular complexity index is 150. The van der Waals surface area contributed by atoms with Crippen molar-refractivity contribution < 1.29 is 19.8 Å². The summed E-state index contributed by atoms with van der Waals surface area (Å²) >= 11 is 0. The second-order valence-corrected chi connectivity index (χ2v) is 2.25. The Morgan fingerprint density at radius 2 is 1.36 bits per heavy atom. The average Bonchev–Trinajstić information content (AvgIpc) is 1.87. The molecule has 0 aromatic carbocycles. The maximum atomic E-state index is 10.1. The lowest BCUT2D eigenvalue weighted by Crippen LogP contribution is -2.52. The van der Waals surface area contributed by atoms with Crippen LogP contribution in [0.4, 0.5) is 0 Å². The Balaban J connectivity index is 3.84. The van der Waals surface area contributed by atoms with Crippen LogP contribution in [0.15, 0.2) is 0 Å². The van der Waals surface area contributed by atoms with Gasteiger partial charge in [-0.3, -0.25) is 0 Å². The zero-order valence-electron chi connectivity index (χ0n) is 6.29. The summed E-state index contributed by atoms with van der Waals surface area (Å²) in [7, 11) is 0. The van der Waals surface area contributed by atoms with E-state index in [1.54, 1.807) is 0 Å². The first-order valence-corrected chi connectivity index (χ1v) is 3.13. The third-order valence-electron chi connectivity index (χ3n) is 1.21. The fourth-order valence-electron chi connectivity index (χ4n) is 0.511. The molecule has 11 heavy (non-hydrogen) atoms. The van der Waals surface area contributed by atoms with Gasteiger partial charge in [0, 0.05) is 12.1 Å². The number of carboxylic acids is 2. The van der Waals surface area contributed by atoms with Crippen LogP contribution in [-0.2, 0) is 9.59 Å². The van der Waals surface area contributed by atoms with Gasteiger partial charge >= 0.3 is 0 Å². The highest BCUT2D eigenvalue weighted by molar-refractivity contribution is 5.74. The summed E-state index contributed by atoms with van der Waals surface area (Å²) in [4.78, 5) is 20.1. The van der Waals surface area contributed by atoms with E-state index in [4.69, 9.17) is 0 Å². The minimum atomic E-state index is -1.34. The van der Waals surface area contributed by atoms with Gasteiger partial charge in [-0.05, 0) is 13.8 Å². The van der Waals surface area contributed by atoms with Gasteiger partial charge in [0.2, 0.25) is 0 Å². The number of carbonyl (C=O) groups is 2. The van der Waals surface area contributed by atoms with Gasteiger partial charge in [0.25, 0.3) is 0 Å². The van der Waals surface area contributed by atoms with Gasteiger partial charge in [0.1, 0.15) is 0 Å². The number of carbonyl (C=O) groups excluding carboxylic acids is 2. The van der Waals surface area contributed by atoms with E-state index in [9.17, 15) is 19.8 Å². The first-order valence-electron chi connectivity index (χ1n) is 3.13. The standard InChI is InChI=1S/C6H11NO4/c1-3(5(8)9)7-4(2)6(10)11/h3-4,7H,1-2H3,(H,8,9)(H,10,11)/p-2. The summed E-state index contributed by atoms with van der Waals surface area (Å²) in [5.41, 5.74) is 0. The highest BCUT2D eigenvalue weighted by Crippen LogP contribution is 1.83. The van der Waals surface area contributed by atoms with Gasteiger partial charge in [0.05, 0.1) is 11.9 Å². The predicted octanol–water partition coefficient (Wildman–Crippen LogP) is -3.15. The van der Waals surface area contributed by atoms with E-state index in [-0.39, 0.29) is 0 Å². The topological polar surface area (TPSA) is 92.3 Å². The van der Waals surface area contributed by atoms with Crippen LogP contribution < -0.4 is 15.5 Å². The Morgan fingerprint density at radius 3 is 1.55 bits per heavy atom. The minimum absolute atomic E-state index is 0.983. The summed E-state index contributed by atoms with van der Waals surface area (Å²) in [6.45, 7) is 2.60. The molecule has 0 aliphatic rings. The zero-order chi connectivity index (χ0) is 9.02. The lowest BCUT2D eigenvalue weighted by molar-refractivity contribution is -0.311. The summed E-state index contributed by atoms with van der Waals surface area (Å²) in [5, 5.41) is 22.4. The van der Waals surface area contributed by atoms with Crippen LogP contribution in [0.3, 0.4) is 0 Å². The van der Waals surface area contributed by atoms with E-state index in [1.165, 1.54) is 13.8 Å². The number of hydrogen-bond acceptors (Lipinski definition) is 5. The molecule has 0 bridgehead atoms. The number of aliphatic carboxylic acids is 2. The molecule has 0 saturated heterocycles. The van der Waals surface area contributed by atoms with Gasteiger partial charge in [-0.2, -0.15) is 0 Å². The van der Waals surface area contributed by atoms with Crippen LogP contribution in [-0.4, -0.2) is 24.0 Å². The monoisotopic (exact) mass is 159 g/mol. The summed E-state index contributed by atoms with van der Waals surface area (Å²) in [6, 6.07) is -1.97. The van der Waals surface area contributed by atoms with Gasteiger partial charge in [0.15, 0.2) is 0 Å². The lowest BCUT2D eigenvalue weighted by Gasteiger charge is -2.20. The van der Waals surface area contributed by atoms with Crippen molar-refractivity contribution in [1.82, 2.24) is 5.32 Å². The van der Waals surface area contributed by atoms with E-state index >= 15 is 0 Å². The summed E-state index contributed by atoms with van der Waals surface area (Å²) in [6.07, 6.45) is 0. The average molecular weight is 159 g/mol. The Labute approximate surface area is 64.0 Å². The normalized spacial score (nSPS) is 15.5. The van der Waals surface area contributed by atoms with Crippen molar-refractivity contribution in [2.45, 2.75) is 25.9 Å². The fourth-order valence-corrected chi connectivity index (χ4v) is 0.511. The third-order valence-corrected chi connectivity index (χ3v) is 1.21. The van der Waals surface area contributed by atoms with Crippen molar-refractivity contribution in [3.8, 4) is 0 Å². The molecule has 0 aromatic rings. The fraction of sp³-hybridized carbons (Fsp3) is 0.667. The Morgan fingerprint density at radius 1 is 1.09 bits per heavy atom. The third kappa shape index (κ3) is 3.57. The molecule has 0 aromatic heterocycles. The molecule has 0 amide bonds. The first kappa shape index (κ1) is 9.90. The number of hydrogen-bond donors (Lipinski definition) is 1. The maximum Gasteiger partial charge on any atom is 0.0581 e. The van der Waals surface area contributed by atoms with Crippen molar-refractivity contribution >= 4 is 11.9 Å². The molecule has 0 heterocycles. The molecule has 0 radical (unpaired) electrons. The zero-order valence-corrected chi connectivity index (χ0v) is 6.29. The number of rotatable bonds is 4. The van der Waals surface area contributed by atoms with Crippen LogP contribution >= 0.6 is 0 Å². The van der Waals surface area contributed by atoms with E-state index in [0.29, 0.717) is 0 Å². The van der Waals surface area contributed by atoms with Crippen LogP contribution in [0.25, 0.3) is 0 Å². The molecule has 0 saturated carbocycles. The quantitative estimate of drug-likeness (QED) is 0.467. The van der Waals surface area contributed by atoms with E-state index < -0.39 is 24.0 Å². The van der Waals surface area contributed by atoms with Crippen molar-refractivity contribution in [3.05, 3.63) is 0 Å². The molecule has 64 valence electrons. The molecule has 1 N–H and O–H groups in total. The first-order chi connectivity index (χ1) is 4.95. The van der Waals surface area contributed by atoms with Gasteiger partial charge < -0.3 is 25.1 Å². The second-order valence-electron chi connectivity index (χ2n) is 2.25. The van der Waals surface area contributed by atoms with Crippen LogP contribution in [0.1, 0.15) is 13.8 Å². The van der Waals surface area contributed by atoms with Crippen molar-refractivity contribution in [3.63, 3.8) is 0 Å². The largest absolute Gasteiger partial charge is 0.548 e. The summed E-state index contributed by atoms with van der Waals surface area (Å²) < 4.78 is 0. The van der Waals surface area contributed by atoms with Crippen LogP contribution in [0.5, 0.6) is 0 Å². The molecular formula is C6H9NO4-2. The SMILES string of the molecule is CC(NC(C)C(=O)[O-])C(=O)[O-]. The molecule has 0 spiro atoms. The molecule has 2 unspecified atom stereocenters. The van der Waals surface area contributed by atoms with Crippen molar-refractivity contribution in [2.75, 3.05) is 0 Å². The van der Waals surface area contributed by atoms with Gasteiger partial charge in [-0.1, -0.05) is 0 Å². The predicted molar refractivity (Wildman–Crippen MR) is 32.1 cm³/mol. The molecule has 0 aliphatic carbocycles. The van der Waals surface area contributed by atoms with E-state index in [1.807, 2.05) is 0 Å². The molecule has 2 atom stereocenters. The maximum absolute atomic E-state index is 10.1. The Hall–Kier alpha value is -1.10. The molecule has 0 fully saturated rings. The van der Waals surface area contributed by atoms with E-state index in [2.05, 4.69) is 5.32 Å². The van der Waals surface area contributed by atoms with Crippen molar-refractivity contribution in [2.24, 2.45) is 0 Å². The van der Waals surface area contributed by atoms with Crippen LogP contribution in [0.2, 0.25) is 0 Å². The molecule has 0 rings (SSSR count).